The van der Waals surface area contributed by atoms with Crippen LogP contribution in [-0.4, -0.2) is 19.3 Å². The fourth-order valence-corrected chi connectivity index (χ4v) is 3.27. The monoisotopic (exact) mass is 289 g/mol. The van der Waals surface area contributed by atoms with Crippen LogP contribution in [0.4, 0.5) is 0 Å². The Morgan fingerprint density at radius 3 is 2.38 bits per heavy atom. The molecule has 0 spiro atoms. The second-order valence-corrected chi connectivity index (χ2v) is 6.52. The normalized spacial score (nSPS) is 17.9. The maximum atomic E-state index is 6.21. The Morgan fingerprint density at radius 2 is 1.76 bits per heavy atom. The van der Waals surface area contributed by atoms with Crippen molar-refractivity contribution in [2.24, 2.45) is 0 Å². The summed E-state index contributed by atoms with van der Waals surface area (Å²) in [4.78, 5) is 0. The van der Waals surface area contributed by atoms with Crippen molar-refractivity contribution in [3.63, 3.8) is 0 Å². The summed E-state index contributed by atoms with van der Waals surface area (Å²) in [5.41, 5.74) is 4.05. The summed E-state index contributed by atoms with van der Waals surface area (Å²) >= 11 is 0. The van der Waals surface area contributed by atoms with Gasteiger partial charge >= 0.3 is 0 Å². The molecule has 1 saturated carbocycles. The highest BCUT2D eigenvalue weighted by atomic mass is 16.5. The van der Waals surface area contributed by atoms with Crippen molar-refractivity contribution in [3.05, 3.63) is 34.9 Å². The summed E-state index contributed by atoms with van der Waals surface area (Å²) in [6, 6.07) is 7.16. The molecule has 21 heavy (non-hydrogen) atoms. The molecule has 0 aliphatic heterocycles. The third kappa shape index (κ3) is 5.44. The van der Waals surface area contributed by atoms with E-state index in [4.69, 9.17) is 4.74 Å². The molecule has 1 atom stereocenters. The smallest absolute Gasteiger partial charge is 0.0665 e. The minimum Gasteiger partial charge on any atom is -0.376 e. The van der Waals surface area contributed by atoms with Gasteiger partial charge in [-0.1, -0.05) is 55.5 Å². The molecule has 118 valence electrons. The molecule has 1 aromatic carbocycles. The Morgan fingerprint density at radius 1 is 1.10 bits per heavy atom. The maximum Gasteiger partial charge on any atom is 0.0665 e. The first-order chi connectivity index (χ1) is 10.2. The summed E-state index contributed by atoms with van der Waals surface area (Å²) in [6.45, 7) is 8.41. The molecule has 0 radical (unpaired) electrons. The van der Waals surface area contributed by atoms with Crippen LogP contribution in [0.15, 0.2) is 18.2 Å². The van der Waals surface area contributed by atoms with Crippen molar-refractivity contribution in [3.8, 4) is 0 Å². The number of aryl methyl sites for hydroxylation is 2. The van der Waals surface area contributed by atoms with Crippen LogP contribution < -0.4 is 5.32 Å². The molecule has 0 saturated heterocycles. The van der Waals surface area contributed by atoms with E-state index in [1.165, 1.54) is 48.8 Å². The van der Waals surface area contributed by atoms with Crippen LogP contribution in [0.1, 0.15) is 68.2 Å². The second-order valence-electron chi connectivity index (χ2n) is 6.52. The van der Waals surface area contributed by atoms with E-state index in [2.05, 4.69) is 44.3 Å². The highest BCUT2D eigenvalue weighted by Crippen LogP contribution is 2.23. The second kappa shape index (κ2) is 8.55. The third-order valence-electron chi connectivity index (χ3n) is 4.34. The zero-order chi connectivity index (χ0) is 15.1. The van der Waals surface area contributed by atoms with Crippen molar-refractivity contribution < 1.29 is 4.74 Å². The third-order valence-corrected chi connectivity index (χ3v) is 4.34. The van der Waals surface area contributed by atoms with Crippen molar-refractivity contribution in [2.45, 2.75) is 71.4 Å². The van der Waals surface area contributed by atoms with Crippen molar-refractivity contribution in [1.82, 2.24) is 5.32 Å². The first-order valence-electron chi connectivity index (χ1n) is 8.62. The summed E-state index contributed by atoms with van der Waals surface area (Å²) in [7, 11) is 0. The predicted molar refractivity (Wildman–Crippen MR) is 89.8 cm³/mol. The molecular weight excluding hydrogens is 258 g/mol. The Balaban J connectivity index is 1.98. The molecule has 0 amide bonds. The fourth-order valence-electron chi connectivity index (χ4n) is 3.27. The molecule has 1 fully saturated rings. The topological polar surface area (TPSA) is 21.3 Å². The Kier molecular flexibility index (Phi) is 6.72. The van der Waals surface area contributed by atoms with Gasteiger partial charge in [-0.2, -0.15) is 0 Å². The van der Waals surface area contributed by atoms with Gasteiger partial charge in [0.2, 0.25) is 0 Å². The fraction of sp³-hybridized carbons (Fsp3) is 0.684. The highest BCUT2D eigenvalue weighted by molar-refractivity contribution is 5.30. The first kappa shape index (κ1) is 16.5. The molecule has 0 bridgehead atoms. The van der Waals surface area contributed by atoms with E-state index < -0.39 is 0 Å². The van der Waals surface area contributed by atoms with Crippen LogP contribution in [0.3, 0.4) is 0 Å². The number of hydrogen-bond acceptors (Lipinski definition) is 2. The number of ether oxygens (including phenoxy) is 1. The molecule has 2 nitrogen and oxygen atoms in total. The predicted octanol–water partition coefficient (Wildman–Crippen LogP) is 4.69. The molecule has 1 aliphatic carbocycles. The van der Waals surface area contributed by atoms with Crippen LogP contribution in [0.5, 0.6) is 0 Å². The first-order valence-corrected chi connectivity index (χ1v) is 8.62. The minimum atomic E-state index is 0.325. The standard InChI is InChI=1S/C19H31NO/c1-4-10-20-19(14-21-18-8-6-5-7-9-18)17-12-15(2)11-16(3)13-17/h11-13,18-20H,4-10,14H2,1-3H3. The van der Waals surface area contributed by atoms with E-state index in [0.29, 0.717) is 12.1 Å². The van der Waals surface area contributed by atoms with Gasteiger partial charge in [-0.15, -0.1) is 0 Å². The van der Waals surface area contributed by atoms with Gasteiger partial charge in [0.1, 0.15) is 0 Å². The Hall–Kier alpha value is -0.860. The molecule has 1 unspecified atom stereocenters. The van der Waals surface area contributed by atoms with E-state index >= 15 is 0 Å². The van der Waals surface area contributed by atoms with E-state index in [-0.39, 0.29) is 0 Å². The molecule has 0 aromatic heterocycles. The molecular formula is C19H31NO. The van der Waals surface area contributed by atoms with E-state index in [1.807, 2.05) is 0 Å². The SMILES string of the molecule is CCCNC(COC1CCCCC1)c1cc(C)cc(C)c1. The molecule has 1 aromatic rings. The van der Waals surface area contributed by atoms with Crippen molar-refractivity contribution in [1.29, 1.82) is 0 Å². The summed E-state index contributed by atoms with van der Waals surface area (Å²) < 4.78 is 6.21. The largest absolute Gasteiger partial charge is 0.376 e. The number of benzene rings is 1. The number of hydrogen-bond donors (Lipinski definition) is 1. The molecule has 1 aliphatic rings. The Labute approximate surface area is 130 Å². The lowest BCUT2D eigenvalue weighted by molar-refractivity contribution is 0.0156. The summed E-state index contributed by atoms with van der Waals surface area (Å²) in [6.07, 6.45) is 8.18. The Bertz CT molecular complexity index is 403. The number of rotatable bonds is 7. The van der Waals surface area contributed by atoms with Gasteiger partial charge < -0.3 is 10.1 Å². The van der Waals surface area contributed by atoms with Gasteiger partial charge in [0.25, 0.3) is 0 Å². The van der Waals surface area contributed by atoms with Gasteiger partial charge in [0.15, 0.2) is 0 Å². The van der Waals surface area contributed by atoms with Gasteiger partial charge in [-0.05, 0) is 45.2 Å². The van der Waals surface area contributed by atoms with E-state index in [1.54, 1.807) is 0 Å². The lowest BCUT2D eigenvalue weighted by Crippen LogP contribution is -2.29. The molecule has 2 heteroatoms. The van der Waals surface area contributed by atoms with Gasteiger partial charge in [0.05, 0.1) is 18.8 Å². The minimum absolute atomic E-state index is 0.325. The van der Waals surface area contributed by atoms with Crippen LogP contribution in [0.2, 0.25) is 0 Å². The highest BCUT2D eigenvalue weighted by Gasteiger charge is 2.17. The zero-order valence-corrected chi connectivity index (χ0v) is 14.0. The zero-order valence-electron chi connectivity index (χ0n) is 14.0. The number of nitrogens with one attached hydrogen (secondary N) is 1. The molecule has 1 N–H and O–H groups in total. The van der Waals surface area contributed by atoms with Crippen LogP contribution in [0.25, 0.3) is 0 Å². The van der Waals surface area contributed by atoms with Crippen molar-refractivity contribution in [2.75, 3.05) is 13.2 Å². The van der Waals surface area contributed by atoms with Crippen LogP contribution >= 0.6 is 0 Å². The lowest BCUT2D eigenvalue weighted by atomic mass is 9.97. The summed E-state index contributed by atoms with van der Waals surface area (Å²) in [5.74, 6) is 0. The van der Waals surface area contributed by atoms with Gasteiger partial charge in [-0.25, -0.2) is 0 Å². The van der Waals surface area contributed by atoms with E-state index in [9.17, 15) is 0 Å². The average molecular weight is 289 g/mol. The summed E-state index contributed by atoms with van der Waals surface area (Å²) in [5, 5.41) is 3.65. The average Bonchev–Trinajstić information content (AvgIpc) is 2.47. The van der Waals surface area contributed by atoms with Gasteiger partial charge in [-0.3, -0.25) is 0 Å². The molecule has 2 rings (SSSR count). The maximum absolute atomic E-state index is 6.21. The van der Waals surface area contributed by atoms with Crippen LogP contribution in [-0.2, 0) is 4.74 Å². The lowest BCUT2D eigenvalue weighted by Gasteiger charge is -2.26. The van der Waals surface area contributed by atoms with E-state index in [0.717, 1.165) is 19.6 Å². The quantitative estimate of drug-likeness (QED) is 0.786. The van der Waals surface area contributed by atoms with Gasteiger partial charge in [0, 0.05) is 0 Å². The van der Waals surface area contributed by atoms with Crippen LogP contribution in [0, 0.1) is 13.8 Å². The molecule has 0 heterocycles. The van der Waals surface area contributed by atoms with Crippen molar-refractivity contribution >= 4 is 0 Å².